The maximum absolute atomic E-state index is 13.1. The first-order valence-corrected chi connectivity index (χ1v) is 8.88. The van der Waals surface area contributed by atoms with Crippen molar-refractivity contribution in [2.45, 2.75) is 32.0 Å². The van der Waals surface area contributed by atoms with Gasteiger partial charge in [0.25, 0.3) is 0 Å². The number of imidazole rings is 2. The highest BCUT2D eigenvalue weighted by molar-refractivity contribution is 5.83. The zero-order chi connectivity index (χ0) is 19.9. The van der Waals surface area contributed by atoms with Gasteiger partial charge in [0.1, 0.15) is 12.2 Å². The zero-order valence-electron chi connectivity index (χ0n) is 15.3. The molecule has 0 bridgehead atoms. The molecular weight excluding hydrogens is 372 g/mol. The number of aromatic nitrogens is 6. The van der Waals surface area contributed by atoms with Crippen molar-refractivity contribution < 1.29 is 19.0 Å². The van der Waals surface area contributed by atoms with E-state index in [0.29, 0.717) is 29.8 Å². The van der Waals surface area contributed by atoms with Crippen LogP contribution in [-0.2, 0) is 6.54 Å². The second-order valence-electron chi connectivity index (χ2n) is 7.28. The van der Waals surface area contributed by atoms with Crippen molar-refractivity contribution >= 4 is 17.0 Å². The van der Waals surface area contributed by atoms with Gasteiger partial charge in [-0.05, 0) is 12.8 Å². The molecule has 1 fully saturated rings. The summed E-state index contributed by atoms with van der Waals surface area (Å²) in [6, 6.07) is 0.0788. The molecule has 1 aliphatic rings. The van der Waals surface area contributed by atoms with Crippen LogP contribution in [0.2, 0.25) is 0 Å². The molecule has 150 valence electrons. The number of fused-ring (bicyclic) bond motifs is 1. The second-order valence-corrected chi connectivity index (χ2v) is 7.28. The number of aliphatic hydroxyl groups is 2. The Hall–Kier alpha value is -2.66. The summed E-state index contributed by atoms with van der Waals surface area (Å²) >= 11 is 0. The minimum atomic E-state index is -2.66. The number of nitrogens with zero attached hydrogens (tertiary/aromatic N) is 7. The molecule has 9 nitrogen and oxygen atoms in total. The van der Waals surface area contributed by atoms with E-state index in [1.165, 1.54) is 18.7 Å². The lowest BCUT2D eigenvalue weighted by Crippen LogP contribution is -2.44. The fourth-order valence-corrected chi connectivity index (χ4v) is 3.76. The molecule has 4 rings (SSSR count). The monoisotopic (exact) mass is 393 g/mol. The van der Waals surface area contributed by atoms with Gasteiger partial charge in [-0.1, -0.05) is 0 Å². The van der Waals surface area contributed by atoms with E-state index in [-0.39, 0.29) is 31.6 Å². The molecule has 0 saturated heterocycles. The highest BCUT2D eigenvalue weighted by Crippen LogP contribution is 2.48. The minimum absolute atomic E-state index is 0.0631. The Kier molecular flexibility index (Phi) is 4.71. The lowest BCUT2D eigenvalue weighted by Gasteiger charge is -2.45. The molecule has 1 aliphatic carbocycles. The number of hydrogen-bond donors (Lipinski definition) is 2. The first-order valence-electron chi connectivity index (χ1n) is 8.88. The normalized spacial score (nSPS) is 16.6. The topological polar surface area (TPSA) is 105 Å². The van der Waals surface area contributed by atoms with Crippen molar-refractivity contribution in [1.29, 1.82) is 0 Å². The zero-order valence-corrected chi connectivity index (χ0v) is 15.3. The molecule has 0 aliphatic heterocycles. The first-order chi connectivity index (χ1) is 13.5. The largest absolute Gasteiger partial charge is 0.396 e. The summed E-state index contributed by atoms with van der Waals surface area (Å²) in [6.07, 6.45) is 6.92. The van der Waals surface area contributed by atoms with Crippen LogP contribution in [0.25, 0.3) is 11.2 Å². The molecule has 0 spiro atoms. The molecule has 0 unspecified atom stereocenters. The van der Waals surface area contributed by atoms with E-state index in [1.807, 2.05) is 4.57 Å². The van der Waals surface area contributed by atoms with Crippen molar-refractivity contribution in [3.05, 3.63) is 30.9 Å². The van der Waals surface area contributed by atoms with Gasteiger partial charge in [-0.3, -0.25) is 4.57 Å². The Morgan fingerprint density at radius 2 is 1.96 bits per heavy atom. The minimum Gasteiger partial charge on any atom is -0.396 e. The molecule has 3 aromatic heterocycles. The van der Waals surface area contributed by atoms with E-state index in [1.54, 1.807) is 18.3 Å². The highest BCUT2D eigenvalue weighted by atomic mass is 19.3. The standard InChI is InChI=1S/C17H21F2N7O2/c1-24(6-12-20-2-3-25(12)16(18)19)14-13-15(22-9-21-14)26(10-23-13)11-4-17(5-11,7-27)8-28/h2-3,9-11,16,27-28H,4-8H2,1H3. The predicted molar refractivity (Wildman–Crippen MR) is 95.8 cm³/mol. The average molecular weight is 393 g/mol. The van der Waals surface area contributed by atoms with Crippen LogP contribution in [-0.4, -0.2) is 59.5 Å². The summed E-state index contributed by atoms with van der Waals surface area (Å²) in [5, 5.41) is 19.0. The Labute approximate surface area is 159 Å². The van der Waals surface area contributed by atoms with E-state index < -0.39 is 12.0 Å². The van der Waals surface area contributed by atoms with Gasteiger partial charge in [0, 0.05) is 30.9 Å². The number of hydrogen-bond acceptors (Lipinski definition) is 7. The summed E-state index contributed by atoms with van der Waals surface area (Å²) in [7, 11) is 1.73. The molecule has 0 radical (unpaired) electrons. The van der Waals surface area contributed by atoms with Crippen LogP contribution in [0.5, 0.6) is 0 Å². The van der Waals surface area contributed by atoms with Gasteiger partial charge < -0.3 is 19.7 Å². The molecule has 28 heavy (non-hydrogen) atoms. The van der Waals surface area contributed by atoms with Crippen molar-refractivity contribution in [3.8, 4) is 0 Å². The maximum atomic E-state index is 13.1. The van der Waals surface area contributed by atoms with Crippen molar-refractivity contribution in [1.82, 2.24) is 29.1 Å². The molecule has 2 N–H and O–H groups in total. The van der Waals surface area contributed by atoms with Crippen molar-refractivity contribution in [2.24, 2.45) is 5.41 Å². The molecule has 3 heterocycles. The van der Waals surface area contributed by atoms with Crippen LogP contribution < -0.4 is 4.90 Å². The van der Waals surface area contributed by atoms with Crippen LogP contribution in [0.1, 0.15) is 31.3 Å². The fourth-order valence-electron chi connectivity index (χ4n) is 3.76. The summed E-state index contributed by atoms with van der Waals surface area (Å²) < 4.78 is 28.8. The third-order valence-electron chi connectivity index (χ3n) is 5.44. The van der Waals surface area contributed by atoms with Gasteiger partial charge in [-0.2, -0.15) is 8.78 Å². The van der Waals surface area contributed by atoms with Gasteiger partial charge in [-0.25, -0.2) is 19.9 Å². The van der Waals surface area contributed by atoms with Gasteiger partial charge in [-0.15, -0.1) is 0 Å². The number of aliphatic hydroxyl groups excluding tert-OH is 2. The second kappa shape index (κ2) is 7.06. The lowest BCUT2D eigenvalue weighted by molar-refractivity contribution is -0.0421. The smallest absolute Gasteiger partial charge is 0.319 e. The van der Waals surface area contributed by atoms with Gasteiger partial charge >= 0.3 is 6.55 Å². The van der Waals surface area contributed by atoms with Crippen molar-refractivity contribution in [3.63, 3.8) is 0 Å². The van der Waals surface area contributed by atoms with Gasteiger partial charge in [0.2, 0.25) is 0 Å². The lowest BCUT2D eigenvalue weighted by atomic mass is 9.66. The third kappa shape index (κ3) is 3.00. The fraction of sp³-hybridized carbons (Fsp3) is 0.529. The molecule has 1 saturated carbocycles. The highest BCUT2D eigenvalue weighted by Gasteiger charge is 2.44. The number of anilines is 1. The molecule has 0 aromatic carbocycles. The van der Waals surface area contributed by atoms with Gasteiger partial charge in [0.15, 0.2) is 17.0 Å². The summed E-state index contributed by atoms with van der Waals surface area (Å²) in [6.45, 7) is -2.65. The van der Waals surface area contributed by atoms with Crippen LogP contribution in [0, 0.1) is 5.41 Å². The molecule has 0 atom stereocenters. The maximum Gasteiger partial charge on any atom is 0.319 e. The Balaban J connectivity index is 1.59. The molecule has 3 aromatic rings. The summed E-state index contributed by atoms with van der Waals surface area (Å²) in [4.78, 5) is 18.7. The van der Waals surface area contributed by atoms with Crippen LogP contribution >= 0.6 is 0 Å². The summed E-state index contributed by atoms with van der Waals surface area (Å²) in [5.74, 6) is 0.737. The SMILES string of the molecule is CN(Cc1nccn1C(F)F)c1ncnc2c1ncn2C1CC(CO)(CO)C1. The predicted octanol–water partition coefficient (Wildman–Crippen LogP) is 1.36. The third-order valence-corrected chi connectivity index (χ3v) is 5.44. The number of alkyl halides is 2. The Morgan fingerprint density at radius 1 is 1.21 bits per heavy atom. The molecule has 11 heteroatoms. The Morgan fingerprint density at radius 3 is 2.64 bits per heavy atom. The average Bonchev–Trinajstić information content (AvgIpc) is 3.29. The van der Waals surface area contributed by atoms with E-state index in [2.05, 4.69) is 19.9 Å². The van der Waals surface area contributed by atoms with Crippen LogP contribution in [0.15, 0.2) is 25.0 Å². The quantitative estimate of drug-likeness (QED) is 0.624. The molecule has 0 amide bonds. The number of halogens is 2. The Bertz CT molecular complexity index is 961. The van der Waals surface area contributed by atoms with Gasteiger partial charge in [0.05, 0.1) is 26.1 Å². The first kappa shape index (κ1) is 18.7. The number of rotatable bonds is 7. The van der Waals surface area contributed by atoms with Crippen LogP contribution in [0.3, 0.4) is 0 Å². The van der Waals surface area contributed by atoms with Crippen LogP contribution in [0.4, 0.5) is 14.6 Å². The van der Waals surface area contributed by atoms with Crippen molar-refractivity contribution in [2.75, 3.05) is 25.2 Å². The molecular formula is C17H21F2N7O2. The summed E-state index contributed by atoms with van der Waals surface area (Å²) in [5.41, 5.74) is 0.731. The van der Waals surface area contributed by atoms with E-state index >= 15 is 0 Å². The van der Waals surface area contributed by atoms with E-state index in [0.717, 1.165) is 4.57 Å². The van der Waals surface area contributed by atoms with E-state index in [9.17, 15) is 19.0 Å². The van der Waals surface area contributed by atoms with E-state index in [4.69, 9.17) is 0 Å².